The number of nitrogens with one attached hydrogen (secondary N) is 1. The van der Waals surface area contributed by atoms with Crippen molar-refractivity contribution in [1.82, 2.24) is 4.98 Å². The average Bonchev–Trinajstić information content (AvgIpc) is 2.37. The van der Waals surface area contributed by atoms with Gasteiger partial charge in [-0.1, -0.05) is 20.8 Å². The van der Waals surface area contributed by atoms with Gasteiger partial charge in [0.05, 0.1) is 25.4 Å². The van der Waals surface area contributed by atoms with Crippen LogP contribution in [0, 0.1) is 0 Å². The van der Waals surface area contributed by atoms with Crippen LogP contribution >= 0.6 is 0 Å². The Hall–Kier alpha value is -1.66. The minimum absolute atomic E-state index is 0.0130. The van der Waals surface area contributed by atoms with Gasteiger partial charge < -0.3 is 20.3 Å². The number of aromatic nitrogens is 1. The molecule has 0 fully saturated rings. The molecule has 112 valence electrons. The first-order chi connectivity index (χ1) is 9.34. The number of carboxylic acid groups (broad SMARTS) is 1. The van der Waals surface area contributed by atoms with Crippen LogP contribution in [0.3, 0.4) is 0 Å². The van der Waals surface area contributed by atoms with Gasteiger partial charge in [-0.15, -0.1) is 0 Å². The van der Waals surface area contributed by atoms with E-state index < -0.39 is 5.97 Å². The summed E-state index contributed by atoms with van der Waals surface area (Å²) in [5, 5.41) is 20.7. The van der Waals surface area contributed by atoms with Crippen molar-refractivity contribution >= 4 is 11.8 Å². The zero-order valence-electron chi connectivity index (χ0n) is 12.1. The number of anilines is 1. The molecule has 0 aliphatic rings. The monoisotopic (exact) mass is 282 g/mol. The molecule has 0 amide bonds. The van der Waals surface area contributed by atoms with E-state index in [9.17, 15) is 4.79 Å². The van der Waals surface area contributed by atoms with Gasteiger partial charge in [0, 0.05) is 17.7 Å². The Morgan fingerprint density at radius 3 is 2.60 bits per heavy atom. The molecule has 1 aromatic rings. The Kier molecular flexibility index (Phi) is 5.91. The van der Waals surface area contributed by atoms with Crippen LogP contribution in [0.15, 0.2) is 12.1 Å². The Morgan fingerprint density at radius 1 is 1.35 bits per heavy atom. The first-order valence-electron chi connectivity index (χ1n) is 6.53. The Labute approximate surface area is 118 Å². The number of carbonyl (C=O) groups is 1. The SMILES string of the molecule is CC(C)(C)c1cc(C(=O)O)cc(NCCOCCO)n1. The molecule has 0 radical (unpaired) electrons. The van der Waals surface area contributed by atoms with Crippen molar-refractivity contribution in [2.45, 2.75) is 26.2 Å². The molecular formula is C14H22N2O4. The van der Waals surface area contributed by atoms with Crippen LogP contribution in [-0.2, 0) is 10.2 Å². The van der Waals surface area contributed by atoms with Gasteiger partial charge in [0.1, 0.15) is 5.82 Å². The molecule has 3 N–H and O–H groups in total. The van der Waals surface area contributed by atoms with E-state index in [1.54, 1.807) is 6.07 Å². The minimum Gasteiger partial charge on any atom is -0.478 e. The maximum absolute atomic E-state index is 11.1. The van der Waals surface area contributed by atoms with Gasteiger partial charge >= 0.3 is 5.97 Å². The number of pyridine rings is 1. The zero-order chi connectivity index (χ0) is 15.2. The lowest BCUT2D eigenvalue weighted by Crippen LogP contribution is -2.18. The second kappa shape index (κ2) is 7.21. The third kappa shape index (κ3) is 5.14. The molecule has 1 aromatic heterocycles. The summed E-state index contributed by atoms with van der Waals surface area (Å²) < 4.78 is 5.12. The van der Waals surface area contributed by atoms with Crippen molar-refractivity contribution in [3.63, 3.8) is 0 Å². The summed E-state index contributed by atoms with van der Waals surface area (Å²) in [4.78, 5) is 15.6. The molecule has 0 saturated carbocycles. The van der Waals surface area contributed by atoms with E-state index in [1.807, 2.05) is 20.8 Å². The molecule has 0 spiro atoms. The van der Waals surface area contributed by atoms with Crippen LogP contribution in [-0.4, -0.2) is 47.5 Å². The van der Waals surface area contributed by atoms with Gasteiger partial charge in [-0.3, -0.25) is 0 Å². The molecule has 0 saturated heterocycles. The van der Waals surface area contributed by atoms with Crippen LogP contribution in [0.2, 0.25) is 0 Å². The fraction of sp³-hybridized carbons (Fsp3) is 0.571. The van der Waals surface area contributed by atoms with Gasteiger partial charge in [-0.2, -0.15) is 0 Å². The maximum Gasteiger partial charge on any atom is 0.335 e. The fourth-order valence-electron chi connectivity index (χ4n) is 1.55. The second-order valence-electron chi connectivity index (χ2n) is 5.44. The molecule has 1 heterocycles. The van der Waals surface area contributed by atoms with Crippen LogP contribution in [0.25, 0.3) is 0 Å². The number of aliphatic hydroxyl groups is 1. The van der Waals surface area contributed by atoms with Gasteiger partial charge in [-0.05, 0) is 12.1 Å². The van der Waals surface area contributed by atoms with Crippen molar-refractivity contribution in [2.24, 2.45) is 0 Å². The van der Waals surface area contributed by atoms with E-state index in [2.05, 4.69) is 10.3 Å². The summed E-state index contributed by atoms with van der Waals surface area (Å²) in [5.41, 5.74) is 0.704. The summed E-state index contributed by atoms with van der Waals surface area (Å²) in [7, 11) is 0. The highest BCUT2D eigenvalue weighted by Gasteiger charge is 2.18. The van der Waals surface area contributed by atoms with E-state index in [0.717, 1.165) is 5.69 Å². The first-order valence-corrected chi connectivity index (χ1v) is 6.53. The second-order valence-corrected chi connectivity index (χ2v) is 5.44. The van der Waals surface area contributed by atoms with Crippen molar-refractivity contribution in [2.75, 3.05) is 31.7 Å². The lowest BCUT2D eigenvalue weighted by Gasteiger charge is -2.19. The van der Waals surface area contributed by atoms with E-state index in [1.165, 1.54) is 6.07 Å². The van der Waals surface area contributed by atoms with Crippen molar-refractivity contribution < 1.29 is 19.7 Å². The highest BCUT2D eigenvalue weighted by molar-refractivity contribution is 5.88. The average molecular weight is 282 g/mol. The van der Waals surface area contributed by atoms with Crippen LogP contribution < -0.4 is 5.32 Å². The van der Waals surface area contributed by atoms with Gasteiger partial charge in [-0.25, -0.2) is 9.78 Å². The zero-order valence-corrected chi connectivity index (χ0v) is 12.1. The molecule has 1 rings (SSSR count). The minimum atomic E-state index is -0.975. The molecule has 0 aliphatic carbocycles. The quantitative estimate of drug-likeness (QED) is 0.656. The van der Waals surface area contributed by atoms with Gasteiger partial charge in [0.25, 0.3) is 0 Å². The predicted molar refractivity (Wildman–Crippen MR) is 76.3 cm³/mol. The standard InChI is InChI=1S/C14H22N2O4/c1-14(2,3)11-8-10(13(18)19)9-12(16-11)15-4-6-20-7-5-17/h8-9,17H,4-7H2,1-3H3,(H,15,16)(H,18,19). The smallest absolute Gasteiger partial charge is 0.335 e. The topological polar surface area (TPSA) is 91.7 Å². The molecule has 0 bridgehead atoms. The Morgan fingerprint density at radius 2 is 2.05 bits per heavy atom. The predicted octanol–water partition coefficient (Wildman–Crippen LogP) is 1.50. The summed E-state index contributed by atoms with van der Waals surface area (Å²) in [6.45, 7) is 7.14. The van der Waals surface area contributed by atoms with Crippen LogP contribution in [0.1, 0.15) is 36.8 Å². The lowest BCUT2D eigenvalue weighted by atomic mass is 9.91. The Bertz CT molecular complexity index is 455. The molecule has 0 unspecified atom stereocenters. The molecule has 0 aliphatic heterocycles. The van der Waals surface area contributed by atoms with E-state index in [-0.39, 0.29) is 24.2 Å². The lowest BCUT2D eigenvalue weighted by molar-refractivity contribution is 0.0696. The number of aliphatic hydroxyl groups excluding tert-OH is 1. The van der Waals surface area contributed by atoms with Crippen LogP contribution in [0.4, 0.5) is 5.82 Å². The fourth-order valence-corrected chi connectivity index (χ4v) is 1.55. The number of nitrogens with zero attached hydrogens (tertiary/aromatic N) is 1. The third-order valence-electron chi connectivity index (χ3n) is 2.63. The summed E-state index contributed by atoms with van der Waals surface area (Å²) in [6.07, 6.45) is 0. The van der Waals surface area contributed by atoms with Crippen molar-refractivity contribution in [3.05, 3.63) is 23.4 Å². The van der Waals surface area contributed by atoms with E-state index >= 15 is 0 Å². The number of ether oxygens (including phenoxy) is 1. The summed E-state index contributed by atoms with van der Waals surface area (Å²) in [6, 6.07) is 3.10. The Balaban J connectivity index is 2.79. The largest absolute Gasteiger partial charge is 0.478 e. The van der Waals surface area contributed by atoms with Crippen LogP contribution in [0.5, 0.6) is 0 Å². The molecule has 20 heavy (non-hydrogen) atoms. The third-order valence-corrected chi connectivity index (χ3v) is 2.63. The summed E-state index contributed by atoms with van der Waals surface area (Å²) >= 11 is 0. The molecule has 0 atom stereocenters. The molecule has 0 aromatic carbocycles. The number of rotatable bonds is 7. The normalized spacial score (nSPS) is 11.4. The van der Waals surface area contributed by atoms with Crippen molar-refractivity contribution in [1.29, 1.82) is 0 Å². The van der Waals surface area contributed by atoms with Gasteiger partial charge in [0.2, 0.25) is 0 Å². The first kappa shape index (κ1) is 16.4. The molecular weight excluding hydrogens is 260 g/mol. The van der Waals surface area contributed by atoms with Gasteiger partial charge in [0.15, 0.2) is 0 Å². The molecule has 6 nitrogen and oxygen atoms in total. The van der Waals surface area contributed by atoms with E-state index in [0.29, 0.717) is 19.0 Å². The highest BCUT2D eigenvalue weighted by Crippen LogP contribution is 2.23. The highest BCUT2D eigenvalue weighted by atomic mass is 16.5. The number of carboxylic acids is 1. The summed E-state index contributed by atoms with van der Waals surface area (Å²) in [5.74, 6) is -0.458. The number of hydrogen-bond donors (Lipinski definition) is 3. The maximum atomic E-state index is 11.1. The molecule has 6 heteroatoms. The van der Waals surface area contributed by atoms with E-state index in [4.69, 9.17) is 14.9 Å². The number of hydrogen-bond acceptors (Lipinski definition) is 5. The van der Waals surface area contributed by atoms with Crippen molar-refractivity contribution in [3.8, 4) is 0 Å². The number of aromatic carboxylic acids is 1.